The minimum atomic E-state index is -0.0730. The van der Waals surface area contributed by atoms with Crippen molar-refractivity contribution < 1.29 is 9.53 Å². The monoisotopic (exact) mass is 436 g/mol. The number of nitrogens with one attached hydrogen (secondary N) is 1. The number of hydrogen-bond donors (Lipinski definition) is 1. The minimum absolute atomic E-state index is 0.0530. The van der Waals surface area contributed by atoms with Crippen molar-refractivity contribution in [3.05, 3.63) is 71.5 Å². The average Bonchev–Trinajstić information content (AvgIpc) is 3.27. The molecule has 0 radical (unpaired) electrons. The largest absolute Gasteiger partial charge is 0.484 e. The third-order valence-corrected chi connectivity index (χ3v) is 6.34. The van der Waals surface area contributed by atoms with E-state index >= 15 is 0 Å². The van der Waals surface area contributed by atoms with Gasteiger partial charge in [0.2, 0.25) is 5.13 Å². The van der Waals surface area contributed by atoms with Gasteiger partial charge in [0.25, 0.3) is 5.91 Å². The van der Waals surface area contributed by atoms with Crippen LogP contribution in [0.3, 0.4) is 0 Å². The molecule has 0 unspecified atom stereocenters. The van der Waals surface area contributed by atoms with E-state index in [2.05, 4.69) is 45.8 Å². The number of benzene rings is 2. The molecular formula is C24H28N4O2S. The summed E-state index contributed by atoms with van der Waals surface area (Å²) in [5, 5.41) is 4.01. The maximum atomic E-state index is 12.1. The Morgan fingerprint density at radius 2 is 1.87 bits per heavy atom. The van der Waals surface area contributed by atoms with Crippen molar-refractivity contribution in [2.45, 2.75) is 26.2 Å². The summed E-state index contributed by atoms with van der Waals surface area (Å²) in [4.78, 5) is 19.1. The van der Waals surface area contributed by atoms with Crippen LogP contribution in [0, 0.1) is 12.8 Å². The maximum Gasteiger partial charge on any atom is 0.257 e. The number of hydrogen-bond acceptors (Lipinski definition) is 6. The lowest BCUT2D eigenvalue weighted by atomic mass is 9.97. The van der Waals surface area contributed by atoms with Crippen molar-refractivity contribution in [2.75, 3.05) is 31.1 Å². The molecule has 1 N–H and O–H groups in total. The molecule has 1 fully saturated rings. The Morgan fingerprint density at radius 3 is 2.61 bits per heavy atom. The van der Waals surface area contributed by atoms with Crippen molar-refractivity contribution in [3.63, 3.8) is 0 Å². The number of nitrogens with zero attached hydrogens (tertiary/aromatic N) is 3. The summed E-state index contributed by atoms with van der Waals surface area (Å²) in [5.41, 5.74) is 2.50. The summed E-state index contributed by atoms with van der Waals surface area (Å²) in [6, 6.07) is 17.9. The normalized spacial score (nSPS) is 14.4. The summed E-state index contributed by atoms with van der Waals surface area (Å²) in [6.07, 6.45) is 2.84. The standard InChI is InChI=1S/C24H28N4O2S/c1-18-7-9-19(10-8-18)15-22-26-24(31-27-22)28-13-11-20(12-14-28)16-25-23(29)17-30-21-5-3-2-4-6-21/h2-10,20H,11-17H2,1H3,(H,25,29). The molecule has 1 aromatic heterocycles. The Balaban J connectivity index is 1.18. The highest BCUT2D eigenvalue weighted by atomic mass is 32.1. The van der Waals surface area contributed by atoms with Crippen molar-refractivity contribution in [3.8, 4) is 5.75 Å². The second kappa shape index (κ2) is 10.4. The molecule has 31 heavy (non-hydrogen) atoms. The number of aryl methyl sites for hydroxylation is 1. The van der Waals surface area contributed by atoms with Crippen LogP contribution < -0.4 is 15.0 Å². The number of ether oxygens (including phenoxy) is 1. The molecular weight excluding hydrogens is 408 g/mol. The van der Waals surface area contributed by atoms with Gasteiger partial charge in [-0.15, -0.1) is 0 Å². The first kappa shape index (κ1) is 21.3. The first-order valence-electron chi connectivity index (χ1n) is 10.7. The molecule has 162 valence electrons. The zero-order valence-electron chi connectivity index (χ0n) is 17.8. The molecule has 1 amide bonds. The van der Waals surface area contributed by atoms with Crippen LogP contribution in [0.1, 0.15) is 29.8 Å². The summed E-state index contributed by atoms with van der Waals surface area (Å²) in [7, 11) is 0. The SMILES string of the molecule is Cc1ccc(Cc2nsc(N3CCC(CNC(=O)COc4ccccc4)CC3)n2)cc1. The summed E-state index contributed by atoms with van der Waals surface area (Å²) in [6.45, 7) is 4.73. The van der Waals surface area contributed by atoms with Crippen LogP contribution in [0.15, 0.2) is 54.6 Å². The Hall–Kier alpha value is -2.93. The second-order valence-corrected chi connectivity index (χ2v) is 8.72. The predicted octanol–water partition coefficient (Wildman–Crippen LogP) is 3.85. The highest BCUT2D eigenvalue weighted by molar-refractivity contribution is 7.09. The molecule has 0 saturated carbocycles. The predicted molar refractivity (Wildman–Crippen MR) is 124 cm³/mol. The van der Waals surface area contributed by atoms with E-state index in [1.807, 2.05) is 30.3 Å². The van der Waals surface area contributed by atoms with E-state index < -0.39 is 0 Å². The maximum absolute atomic E-state index is 12.1. The van der Waals surface area contributed by atoms with Gasteiger partial charge in [-0.2, -0.15) is 4.37 Å². The number of piperidine rings is 1. The van der Waals surface area contributed by atoms with Gasteiger partial charge in [-0.1, -0.05) is 48.0 Å². The van der Waals surface area contributed by atoms with E-state index in [-0.39, 0.29) is 12.5 Å². The molecule has 1 aliphatic heterocycles. The summed E-state index contributed by atoms with van der Waals surface area (Å²) in [5.74, 6) is 2.01. The second-order valence-electron chi connectivity index (χ2n) is 7.99. The van der Waals surface area contributed by atoms with Crippen molar-refractivity contribution >= 4 is 22.6 Å². The van der Waals surface area contributed by atoms with Crippen LogP contribution >= 0.6 is 11.5 Å². The van der Waals surface area contributed by atoms with Gasteiger partial charge in [0, 0.05) is 37.6 Å². The molecule has 0 bridgehead atoms. The van der Waals surface area contributed by atoms with Crippen molar-refractivity contribution in [1.29, 1.82) is 0 Å². The lowest BCUT2D eigenvalue weighted by Crippen LogP contribution is -2.39. The van der Waals surface area contributed by atoms with Crippen LogP contribution in [-0.4, -0.2) is 41.5 Å². The van der Waals surface area contributed by atoms with E-state index in [0.29, 0.717) is 18.2 Å². The fourth-order valence-electron chi connectivity index (χ4n) is 3.64. The molecule has 6 nitrogen and oxygen atoms in total. The fourth-order valence-corrected chi connectivity index (χ4v) is 4.37. The zero-order valence-corrected chi connectivity index (χ0v) is 18.6. The van der Waals surface area contributed by atoms with Gasteiger partial charge >= 0.3 is 0 Å². The van der Waals surface area contributed by atoms with Gasteiger partial charge in [-0.25, -0.2) is 4.98 Å². The molecule has 0 atom stereocenters. The molecule has 2 heterocycles. The van der Waals surface area contributed by atoms with Gasteiger partial charge in [0.1, 0.15) is 11.6 Å². The van der Waals surface area contributed by atoms with Crippen LogP contribution in [0.25, 0.3) is 0 Å². The Morgan fingerprint density at radius 1 is 1.13 bits per heavy atom. The molecule has 3 aromatic rings. The number of carbonyl (C=O) groups is 1. The first-order chi connectivity index (χ1) is 15.2. The number of amides is 1. The van der Waals surface area contributed by atoms with Crippen molar-refractivity contribution in [2.24, 2.45) is 5.92 Å². The smallest absolute Gasteiger partial charge is 0.257 e. The number of para-hydroxylation sites is 1. The molecule has 0 spiro atoms. The first-order valence-corrected chi connectivity index (χ1v) is 11.5. The number of aromatic nitrogens is 2. The van der Waals surface area contributed by atoms with Crippen LogP contribution in [0.5, 0.6) is 5.75 Å². The van der Waals surface area contributed by atoms with Gasteiger partial charge in [0.15, 0.2) is 6.61 Å². The number of carbonyl (C=O) groups excluding carboxylic acids is 1. The lowest BCUT2D eigenvalue weighted by Gasteiger charge is -2.31. The van der Waals surface area contributed by atoms with E-state index in [1.54, 1.807) is 0 Å². The third-order valence-electron chi connectivity index (χ3n) is 5.53. The van der Waals surface area contributed by atoms with Crippen LogP contribution in [-0.2, 0) is 11.2 Å². The Labute approximate surface area is 187 Å². The molecule has 7 heteroatoms. The summed E-state index contributed by atoms with van der Waals surface area (Å²) >= 11 is 1.48. The highest BCUT2D eigenvalue weighted by Gasteiger charge is 2.22. The van der Waals surface area contributed by atoms with Gasteiger partial charge < -0.3 is 15.0 Å². The molecule has 1 aliphatic rings. The zero-order chi connectivity index (χ0) is 21.5. The highest BCUT2D eigenvalue weighted by Crippen LogP contribution is 2.25. The van der Waals surface area contributed by atoms with E-state index in [9.17, 15) is 4.79 Å². The van der Waals surface area contributed by atoms with Crippen LogP contribution in [0.2, 0.25) is 0 Å². The fraction of sp³-hybridized carbons (Fsp3) is 0.375. The average molecular weight is 437 g/mol. The van der Waals surface area contributed by atoms with E-state index in [1.165, 1.54) is 22.7 Å². The van der Waals surface area contributed by atoms with Crippen molar-refractivity contribution in [1.82, 2.24) is 14.7 Å². The number of rotatable bonds is 8. The molecule has 2 aromatic carbocycles. The molecule has 1 saturated heterocycles. The lowest BCUT2D eigenvalue weighted by molar-refractivity contribution is -0.123. The number of anilines is 1. The molecule has 4 rings (SSSR count). The topological polar surface area (TPSA) is 67.4 Å². The van der Waals surface area contributed by atoms with Gasteiger partial charge in [-0.05, 0) is 43.4 Å². The van der Waals surface area contributed by atoms with Crippen LogP contribution in [0.4, 0.5) is 5.13 Å². The Bertz CT molecular complexity index is 967. The van der Waals surface area contributed by atoms with E-state index in [4.69, 9.17) is 9.72 Å². The van der Waals surface area contributed by atoms with Gasteiger partial charge in [-0.3, -0.25) is 4.79 Å². The van der Waals surface area contributed by atoms with Gasteiger partial charge in [0.05, 0.1) is 0 Å². The molecule has 0 aliphatic carbocycles. The summed E-state index contributed by atoms with van der Waals surface area (Å²) < 4.78 is 10.1. The third kappa shape index (κ3) is 6.28. The quantitative estimate of drug-likeness (QED) is 0.581. The Kier molecular flexibility index (Phi) is 7.14. The van der Waals surface area contributed by atoms with E-state index in [0.717, 1.165) is 43.3 Å². The minimum Gasteiger partial charge on any atom is -0.484 e.